The minimum absolute atomic E-state index is 0. The van der Waals surface area contributed by atoms with E-state index in [-0.39, 0.29) is 84.6 Å². The van der Waals surface area contributed by atoms with Crippen molar-refractivity contribution >= 4 is 11.9 Å². The molecule has 0 aliphatic rings. The molecule has 1 N–H and O–H groups in total. The molecule has 280 valence electrons. The molecule has 53 heavy (non-hydrogen) atoms. The molecule has 17 heteroatoms. The molecule has 10 nitrogen and oxygen atoms in total. The van der Waals surface area contributed by atoms with Gasteiger partial charge in [0.25, 0.3) is 0 Å². The Morgan fingerprint density at radius 3 is 1.85 bits per heavy atom. The number of hydrogen-bond donors (Lipinski definition) is 1. The van der Waals surface area contributed by atoms with E-state index in [4.69, 9.17) is 18.9 Å². The summed E-state index contributed by atoms with van der Waals surface area (Å²) in [7, 11) is 4.25. The third-order valence-corrected chi connectivity index (χ3v) is 7.88. The fourth-order valence-electron chi connectivity index (χ4n) is 5.29. The molecule has 0 atom stereocenters. The minimum Gasteiger partial charge on any atom is -0.550 e. The van der Waals surface area contributed by atoms with Crippen LogP contribution in [-0.2, 0) is 35.8 Å². The number of rotatable bonds is 15. The van der Waals surface area contributed by atoms with Crippen LogP contribution in [0.2, 0.25) is 0 Å². The van der Waals surface area contributed by atoms with Gasteiger partial charge in [0.05, 0.1) is 57.1 Å². The Balaban J connectivity index is 0.00000756. The number of carboxylic acid groups (broad SMARTS) is 1. The van der Waals surface area contributed by atoms with Crippen molar-refractivity contribution in [3.8, 4) is 34.1 Å². The van der Waals surface area contributed by atoms with Gasteiger partial charge in [-0.15, -0.1) is 0 Å². The maximum atomic E-state index is 13.8. The topological polar surface area (TPSA) is 126 Å². The minimum atomic E-state index is -5.08. The second-order valence-electron chi connectivity index (χ2n) is 12.2. The molecule has 0 aliphatic carbocycles. The number of ether oxygens (including phenoxy) is 4. The van der Waals surface area contributed by atoms with Gasteiger partial charge in [0.2, 0.25) is 5.95 Å². The van der Waals surface area contributed by atoms with E-state index in [2.05, 4.69) is 9.97 Å². The van der Waals surface area contributed by atoms with Crippen molar-refractivity contribution in [2.45, 2.75) is 57.7 Å². The van der Waals surface area contributed by atoms with Gasteiger partial charge in [-0.3, -0.25) is 0 Å². The van der Waals surface area contributed by atoms with E-state index in [1.807, 2.05) is 0 Å². The second-order valence-corrected chi connectivity index (χ2v) is 12.2. The Bertz CT molecular complexity index is 1830. The molecule has 0 radical (unpaired) electrons. The van der Waals surface area contributed by atoms with Crippen molar-refractivity contribution in [1.82, 2.24) is 9.97 Å². The molecule has 1 heterocycles. The van der Waals surface area contributed by atoms with Gasteiger partial charge >= 0.3 is 41.9 Å². The summed E-state index contributed by atoms with van der Waals surface area (Å²) in [6.07, 6.45) is -7.79. The first kappa shape index (κ1) is 43.2. The van der Waals surface area contributed by atoms with Crippen LogP contribution in [0.25, 0.3) is 11.1 Å². The van der Waals surface area contributed by atoms with Crippen molar-refractivity contribution in [2.24, 2.45) is 0 Å². The molecule has 0 aliphatic heterocycles. The SMILES string of the molecule is COc1cc(CN(Cc2cc(C(F)(F)F)cc(C(F)(F)F)c2)c2ncc(OCCCC(=O)[O-])cn2)c(-c2cc(C(C)(C)O)ccc2OC)cc1OC.[Na+]. The van der Waals surface area contributed by atoms with Crippen molar-refractivity contribution in [3.05, 3.63) is 88.7 Å². The molecule has 0 saturated carbocycles. The number of anilines is 1. The van der Waals surface area contributed by atoms with Crippen LogP contribution in [0.15, 0.2) is 60.9 Å². The number of carbonyl (C=O) groups is 1. The Labute approximate surface area is 324 Å². The average molecular weight is 760 g/mol. The fourth-order valence-corrected chi connectivity index (χ4v) is 5.29. The summed E-state index contributed by atoms with van der Waals surface area (Å²) in [5, 5.41) is 21.5. The van der Waals surface area contributed by atoms with Crippen LogP contribution in [0, 0.1) is 0 Å². The Morgan fingerprint density at radius 2 is 1.34 bits per heavy atom. The Morgan fingerprint density at radius 1 is 0.774 bits per heavy atom. The monoisotopic (exact) mass is 759 g/mol. The summed E-state index contributed by atoms with van der Waals surface area (Å²) in [5.74, 6) is -0.261. The van der Waals surface area contributed by atoms with E-state index < -0.39 is 41.6 Å². The molecule has 4 aromatic rings. The number of aromatic nitrogens is 2. The van der Waals surface area contributed by atoms with Crippen LogP contribution in [0.5, 0.6) is 23.0 Å². The molecule has 0 amide bonds. The molecule has 0 fully saturated rings. The Hall–Kier alpha value is -4.25. The van der Waals surface area contributed by atoms with E-state index in [0.717, 1.165) is 0 Å². The first-order chi connectivity index (χ1) is 24.3. The van der Waals surface area contributed by atoms with Gasteiger partial charge in [0.1, 0.15) is 5.75 Å². The van der Waals surface area contributed by atoms with Crippen LogP contribution in [0.3, 0.4) is 0 Å². The number of methoxy groups -OCH3 is 3. The molecule has 0 unspecified atom stereocenters. The van der Waals surface area contributed by atoms with Gasteiger partial charge in [0, 0.05) is 24.6 Å². The van der Waals surface area contributed by atoms with Crippen molar-refractivity contribution < 1.29 is 89.9 Å². The van der Waals surface area contributed by atoms with Crippen LogP contribution >= 0.6 is 0 Å². The first-order valence-corrected chi connectivity index (χ1v) is 15.7. The maximum absolute atomic E-state index is 13.8. The van der Waals surface area contributed by atoms with Gasteiger partial charge in [-0.2, -0.15) is 26.3 Å². The van der Waals surface area contributed by atoms with Crippen LogP contribution in [-0.4, -0.2) is 49.0 Å². The molecule has 1 aromatic heterocycles. The summed E-state index contributed by atoms with van der Waals surface area (Å²) in [6.45, 7) is 2.45. The number of aliphatic carboxylic acids is 1. The normalized spacial score (nSPS) is 11.8. The molecule has 0 saturated heterocycles. The number of halogens is 6. The predicted octanol–water partition coefficient (Wildman–Crippen LogP) is 3.55. The number of aliphatic hydroxyl groups is 1. The van der Waals surface area contributed by atoms with E-state index in [1.165, 1.54) is 38.6 Å². The number of carbonyl (C=O) groups excluding carboxylic acids is 1. The fraction of sp³-hybridized carbons (Fsp3) is 0.361. The van der Waals surface area contributed by atoms with Gasteiger partial charge < -0.3 is 38.9 Å². The van der Waals surface area contributed by atoms with Gasteiger partial charge in [0.15, 0.2) is 17.2 Å². The third-order valence-electron chi connectivity index (χ3n) is 7.88. The molecular weight excluding hydrogens is 723 g/mol. The van der Waals surface area contributed by atoms with Gasteiger partial charge in [-0.1, -0.05) is 6.07 Å². The van der Waals surface area contributed by atoms with Gasteiger partial charge in [-0.25, -0.2) is 9.97 Å². The third kappa shape index (κ3) is 11.4. The zero-order chi connectivity index (χ0) is 38.4. The maximum Gasteiger partial charge on any atom is 1.00 e. The van der Waals surface area contributed by atoms with Crippen molar-refractivity contribution in [2.75, 3.05) is 32.8 Å². The largest absolute Gasteiger partial charge is 1.00 e. The van der Waals surface area contributed by atoms with E-state index in [1.54, 1.807) is 44.2 Å². The molecule has 3 aromatic carbocycles. The van der Waals surface area contributed by atoms with E-state index in [0.29, 0.717) is 45.9 Å². The zero-order valence-corrected chi connectivity index (χ0v) is 31.8. The predicted molar refractivity (Wildman–Crippen MR) is 175 cm³/mol. The standard InChI is InChI=1S/C36H37F6N3O7.Na/c1-34(2,48)23-8-9-29(49-3)28(15-23)27-16-31(51-5)30(50-4)13-22(27)20-45(33-43-17-26(18-44-33)52-10-6-7-32(46)47)19-21-11-24(35(37,38)39)14-25(12-21)36(40,41)42;/h8-9,11-18,48H,6-7,10,19-20H2,1-5H3,(H,46,47);/q;+1/p-1. The molecule has 0 spiro atoms. The summed E-state index contributed by atoms with van der Waals surface area (Å²) in [4.78, 5) is 20.7. The van der Waals surface area contributed by atoms with Crippen molar-refractivity contribution in [1.29, 1.82) is 0 Å². The van der Waals surface area contributed by atoms with Crippen LogP contribution < -0.4 is 58.5 Å². The van der Waals surface area contributed by atoms with E-state index >= 15 is 0 Å². The molecular formula is C36H36F6N3NaO7. The summed E-state index contributed by atoms with van der Waals surface area (Å²) < 4.78 is 105. The zero-order valence-electron chi connectivity index (χ0n) is 29.8. The number of hydrogen-bond acceptors (Lipinski definition) is 10. The van der Waals surface area contributed by atoms with Crippen LogP contribution in [0.1, 0.15) is 54.5 Å². The summed E-state index contributed by atoms with van der Waals surface area (Å²) >= 11 is 0. The molecule has 0 bridgehead atoms. The summed E-state index contributed by atoms with van der Waals surface area (Å²) in [5.41, 5.74) is -2.67. The number of alkyl halides is 6. The quantitative estimate of drug-likeness (QED) is 0.109. The van der Waals surface area contributed by atoms with Crippen LogP contribution in [0.4, 0.5) is 32.3 Å². The molecule has 4 rings (SSSR count). The smallest absolute Gasteiger partial charge is 0.550 e. The number of nitrogens with zero attached hydrogens (tertiary/aromatic N) is 3. The number of carboxylic acids is 1. The second kappa shape index (κ2) is 17.7. The first-order valence-electron chi connectivity index (χ1n) is 15.7. The van der Waals surface area contributed by atoms with Gasteiger partial charge in [-0.05, 0) is 91.4 Å². The summed E-state index contributed by atoms with van der Waals surface area (Å²) in [6, 6.07) is 9.55. The number of benzene rings is 3. The average Bonchev–Trinajstić information content (AvgIpc) is 3.08. The van der Waals surface area contributed by atoms with Crippen molar-refractivity contribution in [3.63, 3.8) is 0 Å². The Kier molecular flexibility index (Phi) is 14.4. The van der Waals surface area contributed by atoms with E-state index in [9.17, 15) is 41.4 Å².